The predicted molar refractivity (Wildman–Crippen MR) is 110 cm³/mol. The molecule has 0 aromatic heterocycles. The first-order chi connectivity index (χ1) is 13.0. The number of carbonyl (C=O) groups is 2. The quantitative estimate of drug-likeness (QED) is 0.644. The van der Waals surface area contributed by atoms with Crippen LogP contribution >= 0.6 is 0 Å². The number of carbonyl (C=O) groups excluding carboxylic acids is 2. The van der Waals surface area contributed by atoms with Crippen LogP contribution in [0.25, 0.3) is 0 Å². The lowest BCUT2D eigenvalue weighted by Gasteiger charge is -2.42. The summed E-state index contributed by atoms with van der Waals surface area (Å²) in [5.74, 6) is -0.332. The molecule has 28 heavy (non-hydrogen) atoms. The van der Waals surface area contributed by atoms with Gasteiger partial charge in [-0.2, -0.15) is 0 Å². The van der Waals surface area contributed by atoms with Gasteiger partial charge in [-0.05, 0) is 58.0 Å². The van der Waals surface area contributed by atoms with Gasteiger partial charge in [0.05, 0.1) is 18.9 Å². The molecule has 2 saturated heterocycles. The molecule has 0 unspecified atom stereocenters. The molecule has 0 aromatic carbocycles. The Kier molecular flexibility index (Phi) is 7.91. The van der Waals surface area contributed by atoms with Crippen molar-refractivity contribution in [2.24, 2.45) is 17.3 Å². The van der Waals surface area contributed by atoms with E-state index < -0.39 is 0 Å². The fourth-order valence-corrected chi connectivity index (χ4v) is 4.41. The van der Waals surface area contributed by atoms with Gasteiger partial charge in [0, 0.05) is 25.2 Å². The third-order valence-corrected chi connectivity index (χ3v) is 5.92. The van der Waals surface area contributed by atoms with Gasteiger partial charge >= 0.3 is 11.9 Å². The zero-order valence-electron chi connectivity index (χ0n) is 18.8. The molecule has 0 bridgehead atoms. The van der Waals surface area contributed by atoms with Crippen molar-refractivity contribution in [2.45, 2.75) is 65.8 Å². The van der Waals surface area contributed by atoms with Crippen molar-refractivity contribution in [3.05, 3.63) is 0 Å². The monoisotopic (exact) mass is 396 g/mol. The maximum Gasteiger partial charge on any atom is 0.310 e. The second-order valence-electron chi connectivity index (χ2n) is 10.4. The molecule has 2 fully saturated rings. The van der Waals surface area contributed by atoms with Crippen molar-refractivity contribution >= 4 is 11.9 Å². The van der Waals surface area contributed by atoms with E-state index in [0.29, 0.717) is 13.2 Å². The Morgan fingerprint density at radius 2 is 1.54 bits per heavy atom. The van der Waals surface area contributed by atoms with Gasteiger partial charge in [0.2, 0.25) is 0 Å². The van der Waals surface area contributed by atoms with Crippen LogP contribution in [0.15, 0.2) is 0 Å². The van der Waals surface area contributed by atoms with Crippen molar-refractivity contribution < 1.29 is 19.1 Å². The summed E-state index contributed by atoms with van der Waals surface area (Å²) in [6.07, 6.45) is 3.78. The first-order valence-electron chi connectivity index (χ1n) is 10.7. The largest absolute Gasteiger partial charge is 0.469 e. The van der Waals surface area contributed by atoms with E-state index in [2.05, 4.69) is 44.4 Å². The van der Waals surface area contributed by atoms with Gasteiger partial charge in [-0.3, -0.25) is 14.5 Å². The van der Waals surface area contributed by atoms with Crippen LogP contribution in [-0.2, 0) is 19.1 Å². The highest BCUT2D eigenvalue weighted by Gasteiger charge is 2.36. The number of esters is 2. The van der Waals surface area contributed by atoms with Crippen molar-refractivity contribution in [3.63, 3.8) is 0 Å². The van der Waals surface area contributed by atoms with Gasteiger partial charge in [-0.15, -0.1) is 0 Å². The summed E-state index contributed by atoms with van der Waals surface area (Å²) >= 11 is 0. The Labute approximate surface area is 170 Å². The molecule has 0 radical (unpaired) electrons. The lowest BCUT2D eigenvalue weighted by Crippen LogP contribution is -2.53. The van der Waals surface area contributed by atoms with Gasteiger partial charge in [0.15, 0.2) is 0 Å². The van der Waals surface area contributed by atoms with E-state index in [9.17, 15) is 9.59 Å². The van der Waals surface area contributed by atoms with Gasteiger partial charge in [-0.1, -0.05) is 20.8 Å². The Morgan fingerprint density at radius 3 is 2.14 bits per heavy atom. The lowest BCUT2D eigenvalue weighted by atomic mass is 9.92. The number of hydrogen-bond donors (Lipinski definition) is 0. The minimum Gasteiger partial charge on any atom is -0.469 e. The summed E-state index contributed by atoms with van der Waals surface area (Å²) in [5.41, 5.74) is -0.0552. The Hall–Kier alpha value is -1.14. The van der Waals surface area contributed by atoms with E-state index in [1.165, 1.54) is 7.11 Å². The molecule has 2 atom stereocenters. The standard InChI is InChI=1S/C22H40N2O4/c1-21(2,3)15-23-11-7-9-17(13-23)20(26)28-16-22(4,5)24-12-8-10-18(14-24)19(25)27-6/h17-18H,7-16H2,1-6H3/t17-,18-/m1/s1. The minimum atomic E-state index is -0.290. The number of hydrogen-bond acceptors (Lipinski definition) is 6. The number of likely N-dealkylation sites (tertiary alicyclic amines) is 2. The van der Waals surface area contributed by atoms with E-state index >= 15 is 0 Å². The van der Waals surface area contributed by atoms with Gasteiger partial charge < -0.3 is 14.4 Å². The zero-order chi connectivity index (χ0) is 20.9. The number of piperidine rings is 2. The number of methoxy groups -OCH3 is 1. The molecule has 0 spiro atoms. The Balaban J connectivity index is 1.85. The molecular weight excluding hydrogens is 356 g/mol. The van der Waals surface area contributed by atoms with Crippen molar-refractivity contribution in [2.75, 3.05) is 46.4 Å². The van der Waals surface area contributed by atoms with E-state index in [4.69, 9.17) is 9.47 Å². The molecule has 2 heterocycles. The van der Waals surface area contributed by atoms with Crippen LogP contribution in [-0.4, -0.2) is 73.7 Å². The molecule has 0 N–H and O–H groups in total. The number of nitrogens with zero attached hydrogens (tertiary/aromatic N) is 2. The van der Waals surface area contributed by atoms with Crippen molar-refractivity contribution in [3.8, 4) is 0 Å². The molecule has 6 nitrogen and oxygen atoms in total. The molecule has 6 heteroatoms. The minimum absolute atomic E-state index is 0.0314. The van der Waals surface area contributed by atoms with E-state index in [1.807, 2.05) is 0 Å². The first kappa shape index (κ1) is 23.1. The van der Waals surface area contributed by atoms with Crippen LogP contribution in [0.2, 0.25) is 0 Å². The maximum absolute atomic E-state index is 12.7. The topological polar surface area (TPSA) is 59.1 Å². The molecule has 2 aliphatic rings. The second kappa shape index (κ2) is 9.57. The molecule has 0 aromatic rings. The highest BCUT2D eigenvalue weighted by molar-refractivity contribution is 5.73. The summed E-state index contributed by atoms with van der Waals surface area (Å²) in [4.78, 5) is 29.3. The third-order valence-electron chi connectivity index (χ3n) is 5.92. The SMILES string of the molecule is COC(=O)[C@@H]1CCCN(C(C)(C)COC(=O)[C@@H]2CCCN(CC(C)(C)C)C2)C1. The fraction of sp³-hybridized carbons (Fsp3) is 0.909. The number of ether oxygens (including phenoxy) is 2. The molecule has 0 saturated carbocycles. The zero-order valence-corrected chi connectivity index (χ0v) is 18.8. The maximum atomic E-state index is 12.7. The molecule has 162 valence electrons. The van der Waals surface area contributed by atoms with Crippen LogP contribution < -0.4 is 0 Å². The average Bonchev–Trinajstić information content (AvgIpc) is 2.64. The first-order valence-corrected chi connectivity index (χ1v) is 10.7. The van der Waals surface area contributed by atoms with Gasteiger partial charge in [0.25, 0.3) is 0 Å². The van der Waals surface area contributed by atoms with Crippen molar-refractivity contribution in [1.29, 1.82) is 0 Å². The highest BCUT2D eigenvalue weighted by Crippen LogP contribution is 2.27. The van der Waals surface area contributed by atoms with Crippen LogP contribution in [0.5, 0.6) is 0 Å². The Morgan fingerprint density at radius 1 is 0.929 bits per heavy atom. The summed E-state index contributed by atoms with van der Waals surface area (Å²) in [6, 6.07) is 0. The molecule has 0 amide bonds. The summed E-state index contributed by atoms with van der Waals surface area (Å²) in [6.45, 7) is 15.7. The molecule has 2 aliphatic heterocycles. The van der Waals surface area contributed by atoms with Crippen LogP contribution in [0, 0.1) is 17.3 Å². The van der Waals surface area contributed by atoms with E-state index in [1.54, 1.807) is 0 Å². The molecular formula is C22H40N2O4. The van der Waals surface area contributed by atoms with Crippen LogP contribution in [0.1, 0.15) is 60.3 Å². The molecule has 2 rings (SSSR count). The second-order valence-corrected chi connectivity index (χ2v) is 10.4. The van der Waals surface area contributed by atoms with Gasteiger partial charge in [0.1, 0.15) is 6.61 Å². The third kappa shape index (κ3) is 6.73. The summed E-state index contributed by atoms with van der Waals surface area (Å²) < 4.78 is 10.7. The van der Waals surface area contributed by atoms with Crippen LogP contribution in [0.3, 0.4) is 0 Å². The average molecular weight is 397 g/mol. The lowest BCUT2D eigenvalue weighted by molar-refractivity contribution is -0.157. The van der Waals surface area contributed by atoms with Crippen LogP contribution in [0.4, 0.5) is 0 Å². The number of rotatable bonds is 6. The Bertz CT molecular complexity index is 541. The summed E-state index contributed by atoms with van der Waals surface area (Å²) in [7, 11) is 1.45. The highest BCUT2D eigenvalue weighted by atomic mass is 16.5. The van der Waals surface area contributed by atoms with Gasteiger partial charge in [-0.25, -0.2) is 0 Å². The normalized spacial score (nSPS) is 25.4. The predicted octanol–water partition coefficient (Wildman–Crippen LogP) is 2.95. The van der Waals surface area contributed by atoms with E-state index in [0.717, 1.165) is 51.9 Å². The fourth-order valence-electron chi connectivity index (χ4n) is 4.41. The van der Waals surface area contributed by atoms with Crippen molar-refractivity contribution in [1.82, 2.24) is 9.80 Å². The smallest absolute Gasteiger partial charge is 0.310 e. The van der Waals surface area contributed by atoms with E-state index in [-0.39, 0.29) is 34.7 Å². The molecule has 0 aliphatic carbocycles. The summed E-state index contributed by atoms with van der Waals surface area (Å²) in [5, 5.41) is 0.